The maximum absolute atomic E-state index is 10.5. The van der Waals surface area contributed by atoms with E-state index in [1.165, 1.54) is 4.90 Å². The lowest BCUT2D eigenvalue weighted by Crippen LogP contribution is -2.45. The minimum absolute atomic E-state index is 0.0507. The van der Waals surface area contributed by atoms with Gasteiger partial charge >= 0.3 is 6.09 Å². The van der Waals surface area contributed by atoms with Crippen LogP contribution in [-0.2, 0) is 10.2 Å². The Kier molecular flexibility index (Phi) is 5.43. The average Bonchev–Trinajstić information content (AvgIpc) is 2.85. The summed E-state index contributed by atoms with van der Waals surface area (Å²) in [5, 5.41) is 19.0. The zero-order valence-electron chi connectivity index (χ0n) is 14.3. The van der Waals surface area contributed by atoms with Gasteiger partial charge in [0.05, 0.1) is 30.2 Å². The molecule has 0 aliphatic carbocycles. The Labute approximate surface area is 141 Å². The topological polar surface area (TPSA) is 92.9 Å². The number of carboxylic acid groups (broad SMARTS) is 1. The van der Waals surface area contributed by atoms with Gasteiger partial charge in [-0.2, -0.15) is 0 Å². The van der Waals surface area contributed by atoms with Crippen LogP contribution in [0.1, 0.15) is 39.2 Å². The van der Waals surface area contributed by atoms with Gasteiger partial charge in [-0.05, 0) is 23.8 Å². The molecule has 2 fully saturated rings. The monoisotopic (exact) mass is 336 g/mol. The highest BCUT2D eigenvalue weighted by atomic mass is 16.6. The molecular weight excluding hydrogens is 312 g/mol. The normalized spacial score (nSPS) is 22.5. The van der Waals surface area contributed by atoms with Crippen LogP contribution in [0.15, 0.2) is 24.3 Å². The zero-order valence-corrected chi connectivity index (χ0v) is 14.3. The van der Waals surface area contributed by atoms with Crippen molar-refractivity contribution in [3.8, 4) is 0 Å². The van der Waals surface area contributed by atoms with Gasteiger partial charge in [-0.3, -0.25) is 10.1 Å². The Bertz CT molecular complexity index is 582. The third-order valence-electron chi connectivity index (χ3n) is 4.26. The fourth-order valence-electron chi connectivity index (χ4n) is 2.85. The van der Waals surface area contributed by atoms with E-state index in [-0.39, 0.29) is 28.2 Å². The SMILES string of the molecule is CC(C)(C)c1ccc([N+](=O)[O-])cc1.O=C(O)N1CC2CCC(C1)O2. The smallest absolute Gasteiger partial charge is 0.407 e. The molecule has 3 rings (SSSR count). The molecule has 132 valence electrons. The summed E-state index contributed by atoms with van der Waals surface area (Å²) < 4.78 is 5.47. The summed E-state index contributed by atoms with van der Waals surface area (Å²) in [5.41, 5.74) is 1.31. The van der Waals surface area contributed by atoms with E-state index in [0.717, 1.165) is 18.4 Å². The number of amides is 1. The van der Waals surface area contributed by atoms with Crippen LogP contribution in [0.3, 0.4) is 0 Å². The summed E-state index contributed by atoms with van der Waals surface area (Å²) in [6.07, 6.45) is 1.57. The summed E-state index contributed by atoms with van der Waals surface area (Å²) in [4.78, 5) is 22.0. The van der Waals surface area contributed by atoms with Crippen molar-refractivity contribution >= 4 is 11.8 Å². The van der Waals surface area contributed by atoms with Crippen LogP contribution >= 0.6 is 0 Å². The number of benzene rings is 1. The average molecular weight is 336 g/mol. The molecule has 1 aromatic carbocycles. The molecule has 2 aliphatic heterocycles. The van der Waals surface area contributed by atoms with E-state index in [9.17, 15) is 14.9 Å². The van der Waals surface area contributed by atoms with Crippen LogP contribution in [-0.4, -0.2) is 46.3 Å². The number of hydrogen-bond acceptors (Lipinski definition) is 4. The lowest BCUT2D eigenvalue weighted by Gasteiger charge is -2.29. The van der Waals surface area contributed by atoms with Crippen LogP contribution in [0.25, 0.3) is 0 Å². The molecular formula is C17H24N2O5. The second-order valence-corrected chi connectivity index (χ2v) is 7.20. The van der Waals surface area contributed by atoms with E-state index >= 15 is 0 Å². The van der Waals surface area contributed by atoms with Gasteiger partial charge in [-0.1, -0.05) is 32.9 Å². The van der Waals surface area contributed by atoms with Crippen molar-refractivity contribution in [1.82, 2.24) is 4.90 Å². The summed E-state index contributed by atoms with van der Waals surface area (Å²) >= 11 is 0. The minimum Gasteiger partial charge on any atom is -0.465 e. The van der Waals surface area contributed by atoms with Gasteiger partial charge in [0.2, 0.25) is 0 Å². The first-order valence-electron chi connectivity index (χ1n) is 8.05. The molecule has 7 heteroatoms. The predicted molar refractivity (Wildman–Crippen MR) is 89.3 cm³/mol. The lowest BCUT2D eigenvalue weighted by molar-refractivity contribution is -0.384. The lowest BCUT2D eigenvalue weighted by atomic mass is 9.87. The number of rotatable bonds is 1. The highest BCUT2D eigenvalue weighted by Gasteiger charge is 2.35. The van der Waals surface area contributed by atoms with Crippen molar-refractivity contribution < 1.29 is 19.6 Å². The third kappa shape index (κ3) is 4.67. The number of morpholine rings is 1. The molecule has 7 nitrogen and oxygen atoms in total. The number of carbonyl (C=O) groups is 1. The number of likely N-dealkylation sites (tertiary alicyclic amines) is 1. The van der Waals surface area contributed by atoms with Gasteiger partial charge in [0.1, 0.15) is 0 Å². The molecule has 2 heterocycles. The van der Waals surface area contributed by atoms with Gasteiger partial charge < -0.3 is 14.7 Å². The number of nitro groups is 1. The van der Waals surface area contributed by atoms with Crippen LogP contribution in [0.2, 0.25) is 0 Å². The van der Waals surface area contributed by atoms with E-state index in [0.29, 0.717) is 13.1 Å². The largest absolute Gasteiger partial charge is 0.465 e. The van der Waals surface area contributed by atoms with Crippen LogP contribution in [0.4, 0.5) is 10.5 Å². The number of ether oxygens (including phenoxy) is 1. The van der Waals surface area contributed by atoms with Crippen LogP contribution in [0.5, 0.6) is 0 Å². The van der Waals surface area contributed by atoms with E-state index in [4.69, 9.17) is 9.84 Å². The van der Waals surface area contributed by atoms with E-state index in [1.807, 2.05) is 0 Å². The molecule has 1 amide bonds. The molecule has 0 spiro atoms. The van der Waals surface area contributed by atoms with Crippen LogP contribution < -0.4 is 0 Å². The molecule has 2 aliphatic rings. The Balaban J connectivity index is 0.000000175. The van der Waals surface area contributed by atoms with E-state index in [1.54, 1.807) is 24.3 Å². The van der Waals surface area contributed by atoms with Crippen molar-refractivity contribution in [2.45, 2.75) is 51.2 Å². The molecule has 2 atom stereocenters. The highest BCUT2D eigenvalue weighted by Crippen LogP contribution is 2.26. The first-order valence-corrected chi connectivity index (χ1v) is 8.05. The number of nitrogens with zero attached hydrogens (tertiary/aromatic N) is 2. The van der Waals surface area contributed by atoms with Gasteiger partial charge in [-0.25, -0.2) is 4.79 Å². The fraction of sp³-hybridized carbons (Fsp3) is 0.588. The summed E-state index contributed by atoms with van der Waals surface area (Å²) in [5.74, 6) is 0. The number of fused-ring (bicyclic) bond motifs is 2. The molecule has 0 radical (unpaired) electrons. The van der Waals surface area contributed by atoms with E-state index < -0.39 is 6.09 Å². The summed E-state index contributed by atoms with van der Waals surface area (Å²) in [6, 6.07) is 6.69. The first kappa shape index (κ1) is 18.2. The highest BCUT2D eigenvalue weighted by molar-refractivity contribution is 5.65. The maximum Gasteiger partial charge on any atom is 0.407 e. The number of hydrogen-bond donors (Lipinski definition) is 1. The quantitative estimate of drug-likeness (QED) is 0.626. The second-order valence-electron chi connectivity index (χ2n) is 7.20. The predicted octanol–water partition coefficient (Wildman–Crippen LogP) is 3.42. The first-order chi connectivity index (χ1) is 11.2. The Hall–Kier alpha value is -2.15. The molecule has 2 bridgehead atoms. The maximum atomic E-state index is 10.5. The standard InChI is InChI=1S/C10H13NO2.C7H11NO3/c1-10(2,3)8-4-6-9(7-5-8)11(12)13;9-7(10)8-3-5-1-2-6(4-8)11-5/h4-7H,1-3H3;5-6H,1-4H2,(H,9,10). The second kappa shape index (κ2) is 7.17. The van der Waals surface area contributed by atoms with E-state index in [2.05, 4.69) is 20.8 Å². The molecule has 24 heavy (non-hydrogen) atoms. The van der Waals surface area contributed by atoms with Crippen molar-refractivity contribution in [2.75, 3.05) is 13.1 Å². The van der Waals surface area contributed by atoms with Gasteiger partial charge in [0, 0.05) is 12.1 Å². The molecule has 2 unspecified atom stereocenters. The van der Waals surface area contributed by atoms with Crippen molar-refractivity contribution in [3.05, 3.63) is 39.9 Å². The molecule has 1 aromatic rings. The Morgan fingerprint density at radius 3 is 2.08 bits per heavy atom. The number of non-ortho nitro benzene ring substituents is 1. The van der Waals surface area contributed by atoms with Crippen LogP contribution in [0, 0.1) is 10.1 Å². The molecule has 0 aromatic heterocycles. The third-order valence-corrected chi connectivity index (χ3v) is 4.26. The van der Waals surface area contributed by atoms with Gasteiger partial charge in [-0.15, -0.1) is 0 Å². The molecule has 1 N–H and O–H groups in total. The Morgan fingerprint density at radius 1 is 1.21 bits per heavy atom. The minimum atomic E-state index is -0.815. The van der Waals surface area contributed by atoms with Gasteiger partial charge in [0.25, 0.3) is 5.69 Å². The summed E-state index contributed by atoms with van der Waals surface area (Å²) in [6.45, 7) is 7.36. The Morgan fingerprint density at radius 2 is 1.71 bits per heavy atom. The van der Waals surface area contributed by atoms with Gasteiger partial charge in [0.15, 0.2) is 0 Å². The summed E-state index contributed by atoms with van der Waals surface area (Å²) in [7, 11) is 0. The van der Waals surface area contributed by atoms with Crippen molar-refractivity contribution in [3.63, 3.8) is 0 Å². The number of nitro benzene ring substituents is 1. The zero-order chi connectivity index (χ0) is 17.9. The van der Waals surface area contributed by atoms with Crippen molar-refractivity contribution in [2.24, 2.45) is 0 Å². The fourth-order valence-corrected chi connectivity index (χ4v) is 2.85. The molecule has 2 saturated heterocycles. The molecule has 0 saturated carbocycles. The van der Waals surface area contributed by atoms with Crippen molar-refractivity contribution in [1.29, 1.82) is 0 Å².